The van der Waals surface area contributed by atoms with Crippen LogP contribution < -0.4 is 11.1 Å². The van der Waals surface area contributed by atoms with E-state index >= 15 is 0 Å². The van der Waals surface area contributed by atoms with Gasteiger partial charge in [0.05, 0.1) is 23.6 Å². The van der Waals surface area contributed by atoms with Gasteiger partial charge in [-0.2, -0.15) is 0 Å². The molecule has 0 radical (unpaired) electrons. The largest absolute Gasteiger partial charge is 0.420 e. The number of piperidine rings is 1. The first-order valence-electron chi connectivity index (χ1n) is 10.3. The predicted octanol–water partition coefficient (Wildman–Crippen LogP) is 4.06. The number of para-hydroxylation sites is 2. The predicted molar refractivity (Wildman–Crippen MR) is 117 cm³/mol. The number of fused-ring (bicyclic) bond motifs is 1. The third-order valence-electron chi connectivity index (χ3n) is 5.66. The van der Waals surface area contributed by atoms with Gasteiger partial charge in [-0.25, -0.2) is 19.0 Å². The summed E-state index contributed by atoms with van der Waals surface area (Å²) in [5.74, 6) is -0.356. The summed E-state index contributed by atoms with van der Waals surface area (Å²) in [7, 11) is 0. The molecule has 0 saturated carbocycles. The van der Waals surface area contributed by atoms with Crippen molar-refractivity contribution < 1.29 is 13.6 Å². The second kappa shape index (κ2) is 8.26. The van der Waals surface area contributed by atoms with E-state index in [9.17, 15) is 14.0 Å². The maximum Gasteiger partial charge on any atom is 0.420 e. The van der Waals surface area contributed by atoms with Crippen molar-refractivity contribution in [3.05, 3.63) is 77.3 Å². The van der Waals surface area contributed by atoms with Crippen LogP contribution in [0.3, 0.4) is 0 Å². The van der Waals surface area contributed by atoms with Crippen molar-refractivity contribution in [2.24, 2.45) is 0 Å². The first kappa shape index (κ1) is 19.9. The van der Waals surface area contributed by atoms with Crippen molar-refractivity contribution >= 4 is 22.9 Å². The molecule has 162 valence electrons. The number of urea groups is 1. The van der Waals surface area contributed by atoms with Gasteiger partial charge >= 0.3 is 11.8 Å². The Morgan fingerprint density at radius 2 is 1.78 bits per heavy atom. The van der Waals surface area contributed by atoms with Crippen LogP contribution >= 0.6 is 0 Å². The molecule has 0 atom stereocenters. The number of benzene rings is 2. The van der Waals surface area contributed by atoms with E-state index < -0.39 is 0 Å². The van der Waals surface area contributed by atoms with E-state index in [-0.39, 0.29) is 23.6 Å². The van der Waals surface area contributed by atoms with Gasteiger partial charge in [-0.3, -0.25) is 14.9 Å². The maximum absolute atomic E-state index is 13.1. The van der Waals surface area contributed by atoms with E-state index in [1.807, 2.05) is 18.2 Å². The Labute approximate surface area is 182 Å². The number of halogens is 1. The van der Waals surface area contributed by atoms with Crippen LogP contribution in [0.2, 0.25) is 0 Å². The number of carbonyl (C=O) groups excluding carboxylic acids is 1. The Morgan fingerprint density at radius 1 is 1.03 bits per heavy atom. The fraction of sp³-hybridized carbons (Fsp3) is 0.217. The van der Waals surface area contributed by atoms with E-state index in [0.29, 0.717) is 43.0 Å². The molecule has 1 N–H and O–H groups in total. The summed E-state index contributed by atoms with van der Waals surface area (Å²) < 4.78 is 20.1. The van der Waals surface area contributed by atoms with Crippen molar-refractivity contribution in [3.63, 3.8) is 0 Å². The molecule has 5 rings (SSSR count). The standard InChI is InChI=1S/C23H20FN5O3/c24-16-7-5-15(6-8-16)18-13-26-21(14-25-18)27-22(30)28-11-9-17(10-12-28)29-19-3-1-2-4-20(19)32-23(29)31/h1-8,13-14,17H,9-12H2,(H,26,27,30). The normalized spacial score (nSPS) is 14.6. The summed E-state index contributed by atoms with van der Waals surface area (Å²) in [4.78, 5) is 35.2. The fourth-order valence-electron chi connectivity index (χ4n) is 4.01. The highest BCUT2D eigenvalue weighted by atomic mass is 19.1. The second-order valence-corrected chi connectivity index (χ2v) is 7.65. The summed E-state index contributed by atoms with van der Waals surface area (Å²) in [5.41, 5.74) is 2.67. The average Bonchev–Trinajstić information content (AvgIpc) is 3.16. The van der Waals surface area contributed by atoms with E-state index in [1.165, 1.54) is 24.5 Å². The summed E-state index contributed by atoms with van der Waals surface area (Å²) in [6, 6.07) is 13.0. The fourth-order valence-corrected chi connectivity index (χ4v) is 4.01. The average molecular weight is 433 g/mol. The molecule has 0 bridgehead atoms. The highest BCUT2D eigenvalue weighted by molar-refractivity contribution is 5.88. The molecule has 2 aromatic heterocycles. The van der Waals surface area contributed by atoms with Gasteiger partial charge in [0.1, 0.15) is 5.82 Å². The number of amides is 2. The first-order chi connectivity index (χ1) is 15.6. The number of anilines is 1. The molecule has 0 spiro atoms. The van der Waals surface area contributed by atoms with E-state index in [1.54, 1.807) is 27.7 Å². The number of nitrogens with one attached hydrogen (secondary N) is 1. The molecule has 1 fully saturated rings. The van der Waals surface area contributed by atoms with Crippen molar-refractivity contribution in [1.29, 1.82) is 0 Å². The van der Waals surface area contributed by atoms with E-state index in [4.69, 9.17) is 4.42 Å². The molecule has 32 heavy (non-hydrogen) atoms. The van der Waals surface area contributed by atoms with E-state index in [0.717, 1.165) is 11.1 Å². The van der Waals surface area contributed by atoms with Crippen molar-refractivity contribution in [2.45, 2.75) is 18.9 Å². The van der Waals surface area contributed by atoms with Gasteiger partial charge in [0.25, 0.3) is 0 Å². The lowest BCUT2D eigenvalue weighted by atomic mass is 10.0. The molecule has 1 aliphatic heterocycles. The van der Waals surface area contributed by atoms with Gasteiger partial charge in [0.15, 0.2) is 11.4 Å². The summed E-state index contributed by atoms with van der Waals surface area (Å²) >= 11 is 0. The Balaban J connectivity index is 1.21. The molecular formula is C23H20FN5O3. The van der Waals surface area contributed by atoms with Crippen molar-refractivity contribution in [3.8, 4) is 11.3 Å². The molecular weight excluding hydrogens is 413 g/mol. The summed E-state index contributed by atoms with van der Waals surface area (Å²) in [6.45, 7) is 1.01. The Morgan fingerprint density at radius 3 is 2.50 bits per heavy atom. The second-order valence-electron chi connectivity index (χ2n) is 7.65. The number of rotatable bonds is 3. The molecule has 2 aromatic carbocycles. The minimum atomic E-state index is -0.370. The molecule has 2 amide bonds. The molecule has 1 aliphatic rings. The third-order valence-corrected chi connectivity index (χ3v) is 5.66. The van der Waals surface area contributed by atoms with Gasteiger partial charge in [-0.1, -0.05) is 12.1 Å². The SMILES string of the molecule is O=C(Nc1cnc(-c2ccc(F)cc2)cn1)N1CCC(n2c(=O)oc3ccccc32)CC1. The monoisotopic (exact) mass is 433 g/mol. The Kier molecular flexibility index (Phi) is 5.14. The highest BCUT2D eigenvalue weighted by Crippen LogP contribution is 2.26. The molecule has 9 heteroatoms. The summed E-state index contributed by atoms with van der Waals surface area (Å²) in [5, 5.41) is 2.76. The highest BCUT2D eigenvalue weighted by Gasteiger charge is 2.27. The number of oxazole rings is 1. The zero-order valence-electron chi connectivity index (χ0n) is 17.1. The van der Waals surface area contributed by atoms with Crippen LogP contribution in [0.25, 0.3) is 22.4 Å². The van der Waals surface area contributed by atoms with Crippen LogP contribution in [0.15, 0.2) is 70.1 Å². The third kappa shape index (κ3) is 3.84. The van der Waals surface area contributed by atoms with E-state index in [2.05, 4.69) is 15.3 Å². The molecule has 4 aromatic rings. The molecule has 3 heterocycles. The minimum Gasteiger partial charge on any atom is -0.408 e. The Bertz CT molecular complexity index is 1310. The van der Waals surface area contributed by atoms with Crippen LogP contribution in [-0.2, 0) is 0 Å². The van der Waals surface area contributed by atoms with Gasteiger partial charge in [-0.05, 0) is 49.2 Å². The topological polar surface area (TPSA) is 93.3 Å². The zero-order chi connectivity index (χ0) is 22.1. The quantitative estimate of drug-likeness (QED) is 0.526. The lowest BCUT2D eigenvalue weighted by Crippen LogP contribution is -2.42. The summed E-state index contributed by atoms with van der Waals surface area (Å²) in [6.07, 6.45) is 4.30. The number of aromatic nitrogens is 3. The number of hydrogen-bond donors (Lipinski definition) is 1. The van der Waals surface area contributed by atoms with Gasteiger partial charge in [-0.15, -0.1) is 0 Å². The molecule has 0 aliphatic carbocycles. The lowest BCUT2D eigenvalue weighted by molar-refractivity contribution is 0.182. The Hall–Kier alpha value is -4.01. The minimum absolute atomic E-state index is 0.0232. The zero-order valence-corrected chi connectivity index (χ0v) is 17.1. The van der Waals surface area contributed by atoms with Crippen LogP contribution in [-0.4, -0.2) is 38.6 Å². The smallest absolute Gasteiger partial charge is 0.408 e. The number of nitrogens with zero attached hydrogens (tertiary/aromatic N) is 4. The first-order valence-corrected chi connectivity index (χ1v) is 10.3. The lowest BCUT2D eigenvalue weighted by Gasteiger charge is -2.32. The van der Waals surface area contributed by atoms with Crippen molar-refractivity contribution in [1.82, 2.24) is 19.4 Å². The van der Waals surface area contributed by atoms with Gasteiger partial charge in [0, 0.05) is 24.7 Å². The van der Waals surface area contributed by atoms with Crippen LogP contribution in [0, 0.1) is 5.82 Å². The number of carbonyl (C=O) groups is 1. The number of likely N-dealkylation sites (tertiary alicyclic amines) is 1. The maximum atomic E-state index is 13.1. The van der Waals surface area contributed by atoms with Crippen LogP contribution in [0.4, 0.5) is 15.0 Å². The van der Waals surface area contributed by atoms with Crippen LogP contribution in [0.5, 0.6) is 0 Å². The van der Waals surface area contributed by atoms with Crippen LogP contribution in [0.1, 0.15) is 18.9 Å². The van der Waals surface area contributed by atoms with Gasteiger partial charge in [0.2, 0.25) is 0 Å². The number of hydrogen-bond acceptors (Lipinski definition) is 5. The molecule has 8 nitrogen and oxygen atoms in total. The van der Waals surface area contributed by atoms with Gasteiger partial charge < -0.3 is 9.32 Å². The van der Waals surface area contributed by atoms with Crippen molar-refractivity contribution in [2.75, 3.05) is 18.4 Å². The molecule has 1 saturated heterocycles. The molecule has 0 unspecified atom stereocenters.